The Kier molecular flexibility index (Phi) is 7.00. The number of likely N-dealkylation sites (N-methyl/N-ethyl adjacent to an activating group) is 1. The summed E-state index contributed by atoms with van der Waals surface area (Å²) in [6.45, 7) is 8.80. The minimum absolute atomic E-state index is 0.150. The van der Waals surface area contributed by atoms with Crippen LogP contribution in [-0.2, 0) is 19.6 Å². The van der Waals surface area contributed by atoms with E-state index in [1.54, 1.807) is 6.92 Å². The third kappa shape index (κ3) is 5.29. The quantitative estimate of drug-likeness (QED) is 0.743. The van der Waals surface area contributed by atoms with Crippen LogP contribution in [0.4, 0.5) is 0 Å². The van der Waals surface area contributed by atoms with E-state index in [2.05, 4.69) is 5.32 Å². The molecule has 0 spiro atoms. The Hall–Kier alpha value is -1.93. The molecule has 7 nitrogen and oxygen atoms in total. The maximum Gasteiger partial charge on any atom is 0.338 e. The van der Waals surface area contributed by atoms with Crippen LogP contribution in [0.3, 0.4) is 0 Å². The van der Waals surface area contributed by atoms with Crippen molar-refractivity contribution < 1.29 is 22.7 Å². The molecule has 3 atom stereocenters. The molecular formula is C19H28N2O5S. The molecule has 150 valence electrons. The molecule has 1 amide bonds. The van der Waals surface area contributed by atoms with E-state index >= 15 is 0 Å². The molecule has 0 bridgehead atoms. The highest BCUT2D eigenvalue weighted by molar-refractivity contribution is 7.89. The second-order valence-corrected chi connectivity index (χ2v) is 9.17. The van der Waals surface area contributed by atoms with Gasteiger partial charge in [0.2, 0.25) is 10.0 Å². The lowest BCUT2D eigenvalue weighted by molar-refractivity contribution is -0.128. The molecule has 1 heterocycles. The van der Waals surface area contributed by atoms with E-state index in [0.717, 1.165) is 6.42 Å². The predicted octanol–water partition coefficient (Wildman–Crippen LogP) is 2.03. The number of hydrogen-bond acceptors (Lipinski definition) is 5. The van der Waals surface area contributed by atoms with E-state index in [-0.39, 0.29) is 16.4 Å². The van der Waals surface area contributed by atoms with E-state index in [1.165, 1.54) is 35.5 Å². The fraction of sp³-hybridized carbons (Fsp3) is 0.579. The van der Waals surface area contributed by atoms with E-state index < -0.39 is 22.1 Å². The highest BCUT2D eigenvalue weighted by atomic mass is 32.2. The zero-order valence-corrected chi connectivity index (χ0v) is 17.1. The number of amides is 1. The molecule has 0 radical (unpaired) electrons. The predicted molar refractivity (Wildman–Crippen MR) is 102 cm³/mol. The summed E-state index contributed by atoms with van der Waals surface area (Å²) < 4.78 is 32.3. The average Bonchev–Trinajstić information content (AvgIpc) is 2.61. The molecular weight excluding hydrogens is 368 g/mol. The summed E-state index contributed by atoms with van der Waals surface area (Å²) in [6, 6.07) is 5.65. The molecule has 1 aliphatic heterocycles. The summed E-state index contributed by atoms with van der Waals surface area (Å²) in [5.41, 5.74) is 0.200. The minimum atomic E-state index is -3.60. The van der Waals surface area contributed by atoms with Crippen LogP contribution < -0.4 is 5.32 Å². The van der Waals surface area contributed by atoms with Crippen molar-refractivity contribution >= 4 is 21.9 Å². The van der Waals surface area contributed by atoms with Gasteiger partial charge in [0, 0.05) is 19.6 Å². The van der Waals surface area contributed by atoms with Gasteiger partial charge in [-0.1, -0.05) is 13.8 Å². The molecule has 8 heteroatoms. The molecule has 0 unspecified atom stereocenters. The first-order valence-electron chi connectivity index (χ1n) is 9.24. The van der Waals surface area contributed by atoms with Gasteiger partial charge in [0.25, 0.3) is 5.91 Å². The summed E-state index contributed by atoms with van der Waals surface area (Å²) in [6.07, 6.45) is 0.0952. The number of esters is 1. The number of piperidine rings is 1. The smallest absolute Gasteiger partial charge is 0.338 e. The molecule has 27 heavy (non-hydrogen) atoms. The molecule has 0 aliphatic carbocycles. The third-order valence-electron chi connectivity index (χ3n) is 4.57. The summed E-state index contributed by atoms with van der Waals surface area (Å²) >= 11 is 0. The largest absolute Gasteiger partial charge is 0.449 e. The number of nitrogens with one attached hydrogen (secondary N) is 1. The Morgan fingerprint density at radius 1 is 1.19 bits per heavy atom. The Labute approximate surface area is 161 Å². The lowest BCUT2D eigenvalue weighted by Gasteiger charge is -2.34. The number of carbonyl (C=O) groups is 2. The van der Waals surface area contributed by atoms with Crippen molar-refractivity contribution in [1.29, 1.82) is 0 Å². The fourth-order valence-electron chi connectivity index (χ4n) is 3.31. The summed E-state index contributed by atoms with van der Waals surface area (Å²) in [7, 11) is -3.60. The maximum atomic E-state index is 12.9. The SMILES string of the molecule is CCNC(=O)[C@@H](C)OC(=O)c1ccc(S(=O)(=O)N2C[C@@H](C)C[C@H](C)C2)cc1. The molecule has 1 saturated heterocycles. The van der Waals surface area contributed by atoms with Crippen LogP contribution in [0.25, 0.3) is 0 Å². The van der Waals surface area contributed by atoms with Crippen LogP contribution in [0.1, 0.15) is 44.5 Å². The molecule has 1 fully saturated rings. The Balaban J connectivity index is 2.09. The first-order chi connectivity index (χ1) is 12.6. The van der Waals surface area contributed by atoms with Gasteiger partial charge in [-0.15, -0.1) is 0 Å². The van der Waals surface area contributed by atoms with Crippen molar-refractivity contribution in [3.63, 3.8) is 0 Å². The highest BCUT2D eigenvalue weighted by Gasteiger charge is 2.31. The molecule has 1 aromatic rings. The number of ether oxygens (including phenoxy) is 1. The van der Waals surface area contributed by atoms with Crippen molar-refractivity contribution in [3.05, 3.63) is 29.8 Å². The van der Waals surface area contributed by atoms with Gasteiger partial charge < -0.3 is 10.1 Å². The van der Waals surface area contributed by atoms with Gasteiger partial charge in [0.05, 0.1) is 10.5 Å². The van der Waals surface area contributed by atoms with Crippen LogP contribution >= 0.6 is 0 Å². The van der Waals surface area contributed by atoms with Crippen molar-refractivity contribution in [2.24, 2.45) is 11.8 Å². The molecule has 0 aromatic heterocycles. The van der Waals surface area contributed by atoms with Gasteiger partial charge >= 0.3 is 5.97 Å². The fourth-order valence-corrected chi connectivity index (χ4v) is 4.99. The second kappa shape index (κ2) is 8.84. The van der Waals surface area contributed by atoms with Crippen molar-refractivity contribution in [2.75, 3.05) is 19.6 Å². The van der Waals surface area contributed by atoms with Crippen LogP contribution in [0.15, 0.2) is 29.2 Å². The Morgan fingerprint density at radius 3 is 2.26 bits per heavy atom. The minimum Gasteiger partial charge on any atom is -0.449 e. The Morgan fingerprint density at radius 2 is 1.74 bits per heavy atom. The summed E-state index contributed by atoms with van der Waals surface area (Å²) in [5, 5.41) is 2.57. The zero-order valence-electron chi connectivity index (χ0n) is 16.3. The van der Waals surface area contributed by atoms with E-state index in [0.29, 0.717) is 31.5 Å². The van der Waals surface area contributed by atoms with Crippen LogP contribution in [0.2, 0.25) is 0 Å². The van der Waals surface area contributed by atoms with Crippen LogP contribution in [-0.4, -0.2) is 50.3 Å². The third-order valence-corrected chi connectivity index (χ3v) is 6.41. The number of nitrogens with zero attached hydrogens (tertiary/aromatic N) is 1. The summed E-state index contributed by atoms with van der Waals surface area (Å²) in [5.74, 6) is -0.418. The van der Waals surface area contributed by atoms with Crippen LogP contribution in [0.5, 0.6) is 0 Å². The normalized spacial score (nSPS) is 22.1. The maximum absolute atomic E-state index is 12.9. The number of hydrogen-bond donors (Lipinski definition) is 1. The molecule has 2 rings (SSSR count). The first-order valence-corrected chi connectivity index (χ1v) is 10.7. The Bertz CT molecular complexity index is 766. The van der Waals surface area contributed by atoms with Gasteiger partial charge in [-0.25, -0.2) is 13.2 Å². The van der Waals surface area contributed by atoms with E-state index in [4.69, 9.17) is 4.74 Å². The van der Waals surface area contributed by atoms with Crippen molar-refractivity contribution in [1.82, 2.24) is 9.62 Å². The molecule has 0 saturated carbocycles. The number of rotatable bonds is 6. The molecule has 1 N–H and O–H groups in total. The van der Waals surface area contributed by atoms with Crippen molar-refractivity contribution in [3.8, 4) is 0 Å². The van der Waals surface area contributed by atoms with Crippen molar-refractivity contribution in [2.45, 2.75) is 45.1 Å². The number of carbonyl (C=O) groups excluding carboxylic acids is 2. The molecule has 1 aliphatic rings. The first kappa shape index (κ1) is 21.4. The van der Waals surface area contributed by atoms with Gasteiger partial charge in [-0.3, -0.25) is 4.79 Å². The second-order valence-electron chi connectivity index (χ2n) is 7.23. The standard InChI is InChI=1S/C19H28N2O5S/c1-5-20-18(22)15(4)26-19(23)16-6-8-17(9-7-16)27(24,25)21-11-13(2)10-14(3)12-21/h6-9,13-15H,5,10-12H2,1-4H3,(H,20,22)/t13-,14-,15+/m0/s1. The van der Waals surface area contributed by atoms with Gasteiger partial charge in [-0.2, -0.15) is 4.31 Å². The topological polar surface area (TPSA) is 92.8 Å². The lowest BCUT2D eigenvalue weighted by Crippen LogP contribution is -2.42. The highest BCUT2D eigenvalue weighted by Crippen LogP contribution is 2.26. The van der Waals surface area contributed by atoms with Gasteiger partial charge in [-0.05, 0) is 56.4 Å². The lowest BCUT2D eigenvalue weighted by atomic mass is 9.94. The van der Waals surface area contributed by atoms with E-state index in [1.807, 2.05) is 13.8 Å². The van der Waals surface area contributed by atoms with Gasteiger partial charge in [0.15, 0.2) is 6.10 Å². The monoisotopic (exact) mass is 396 g/mol. The van der Waals surface area contributed by atoms with E-state index in [9.17, 15) is 18.0 Å². The summed E-state index contributed by atoms with van der Waals surface area (Å²) in [4.78, 5) is 24.0. The number of benzene rings is 1. The van der Waals surface area contributed by atoms with Crippen LogP contribution in [0, 0.1) is 11.8 Å². The zero-order chi connectivity index (χ0) is 20.2. The number of sulfonamides is 1. The van der Waals surface area contributed by atoms with Gasteiger partial charge in [0.1, 0.15) is 0 Å². The average molecular weight is 397 g/mol. The molecule has 1 aromatic carbocycles.